The lowest BCUT2D eigenvalue weighted by Gasteiger charge is -2.15. The van der Waals surface area contributed by atoms with Crippen LogP contribution < -0.4 is 19.5 Å². The summed E-state index contributed by atoms with van der Waals surface area (Å²) in [5.41, 5.74) is 3.71. The van der Waals surface area contributed by atoms with E-state index in [1.165, 1.54) is 11.1 Å². The molecule has 26 heavy (non-hydrogen) atoms. The molecule has 140 valence electrons. The summed E-state index contributed by atoms with van der Waals surface area (Å²) >= 11 is 0. The first-order valence-electron chi connectivity index (χ1n) is 9.49. The fourth-order valence-corrected chi connectivity index (χ4v) is 3.27. The first-order chi connectivity index (χ1) is 12.7. The predicted molar refractivity (Wildman–Crippen MR) is 104 cm³/mol. The lowest BCUT2D eigenvalue weighted by Crippen LogP contribution is -2.14. The number of methoxy groups -OCH3 is 1. The van der Waals surface area contributed by atoms with Crippen molar-refractivity contribution in [3.63, 3.8) is 0 Å². The molecule has 1 aliphatic heterocycles. The van der Waals surface area contributed by atoms with E-state index in [0.29, 0.717) is 6.61 Å². The van der Waals surface area contributed by atoms with Gasteiger partial charge in [-0.15, -0.1) is 0 Å². The summed E-state index contributed by atoms with van der Waals surface area (Å²) in [5.74, 6) is 2.68. The van der Waals surface area contributed by atoms with Crippen molar-refractivity contribution in [1.29, 1.82) is 0 Å². The van der Waals surface area contributed by atoms with Crippen molar-refractivity contribution in [2.45, 2.75) is 52.3 Å². The molecular weight excluding hydrogens is 326 g/mol. The number of para-hydroxylation sites is 1. The molecule has 0 radical (unpaired) electrons. The molecule has 1 heterocycles. The number of fused-ring (bicyclic) bond motifs is 1. The Kier molecular flexibility index (Phi) is 6.40. The summed E-state index contributed by atoms with van der Waals surface area (Å²) in [5, 5.41) is 3.53. The Morgan fingerprint density at radius 2 is 2.08 bits per heavy atom. The minimum absolute atomic E-state index is 0.285. The molecule has 2 aromatic rings. The van der Waals surface area contributed by atoms with E-state index in [4.69, 9.17) is 14.2 Å². The first kappa shape index (κ1) is 18.6. The van der Waals surface area contributed by atoms with E-state index in [1.807, 2.05) is 12.1 Å². The highest BCUT2D eigenvalue weighted by Gasteiger charge is 2.18. The van der Waals surface area contributed by atoms with Gasteiger partial charge in [0.05, 0.1) is 13.7 Å². The smallest absolute Gasteiger partial charge is 0.165 e. The molecule has 0 aromatic heterocycles. The maximum Gasteiger partial charge on any atom is 0.165 e. The van der Waals surface area contributed by atoms with Crippen LogP contribution >= 0.6 is 0 Å². The second-order valence-corrected chi connectivity index (χ2v) is 6.83. The van der Waals surface area contributed by atoms with Gasteiger partial charge in [0.15, 0.2) is 11.5 Å². The number of rotatable bonds is 9. The van der Waals surface area contributed by atoms with Crippen LogP contribution in [0.5, 0.6) is 17.2 Å². The van der Waals surface area contributed by atoms with E-state index < -0.39 is 0 Å². The third kappa shape index (κ3) is 4.50. The second-order valence-electron chi connectivity index (χ2n) is 6.83. The molecule has 0 bridgehead atoms. The van der Waals surface area contributed by atoms with Gasteiger partial charge in [0.1, 0.15) is 11.9 Å². The van der Waals surface area contributed by atoms with Crippen molar-refractivity contribution in [2.24, 2.45) is 0 Å². The quantitative estimate of drug-likeness (QED) is 0.673. The normalized spacial score (nSPS) is 15.4. The van der Waals surface area contributed by atoms with Gasteiger partial charge in [-0.2, -0.15) is 0 Å². The molecule has 0 fully saturated rings. The van der Waals surface area contributed by atoms with Crippen LogP contribution in [0.15, 0.2) is 36.4 Å². The van der Waals surface area contributed by atoms with Gasteiger partial charge in [-0.25, -0.2) is 0 Å². The van der Waals surface area contributed by atoms with Crippen molar-refractivity contribution in [1.82, 2.24) is 5.32 Å². The summed E-state index contributed by atoms with van der Waals surface area (Å²) in [7, 11) is 1.69. The predicted octanol–water partition coefficient (Wildman–Crippen LogP) is 4.49. The van der Waals surface area contributed by atoms with Crippen LogP contribution in [0, 0.1) is 0 Å². The van der Waals surface area contributed by atoms with Gasteiger partial charge >= 0.3 is 0 Å². The SMILES string of the molecule is CCCCOc1c(CNCc2ccc3c(c2)C[C@@H](C)O3)cccc1OC. The summed E-state index contributed by atoms with van der Waals surface area (Å²) in [6, 6.07) is 12.5. The Labute approximate surface area is 156 Å². The highest BCUT2D eigenvalue weighted by Crippen LogP contribution is 2.32. The molecule has 0 unspecified atom stereocenters. The standard InChI is InChI=1S/C22H29NO3/c1-4-5-11-25-22-18(7-6-8-21(22)24-3)15-23-14-17-9-10-20-19(13-17)12-16(2)26-20/h6-10,13,16,23H,4-5,11-12,14-15H2,1-3H3/t16-/m1/s1. The Hall–Kier alpha value is -2.20. The van der Waals surface area contributed by atoms with Gasteiger partial charge < -0.3 is 19.5 Å². The summed E-state index contributed by atoms with van der Waals surface area (Å²) in [4.78, 5) is 0. The monoisotopic (exact) mass is 355 g/mol. The van der Waals surface area contributed by atoms with E-state index in [2.05, 4.69) is 43.4 Å². The zero-order valence-electron chi connectivity index (χ0n) is 16.0. The van der Waals surface area contributed by atoms with Crippen molar-refractivity contribution in [2.75, 3.05) is 13.7 Å². The first-order valence-corrected chi connectivity index (χ1v) is 9.49. The van der Waals surface area contributed by atoms with Crippen LogP contribution in [0.1, 0.15) is 43.4 Å². The van der Waals surface area contributed by atoms with Gasteiger partial charge in [-0.3, -0.25) is 0 Å². The maximum absolute atomic E-state index is 5.99. The molecule has 4 heteroatoms. The Bertz CT molecular complexity index is 729. The van der Waals surface area contributed by atoms with Crippen molar-refractivity contribution < 1.29 is 14.2 Å². The van der Waals surface area contributed by atoms with Crippen LogP contribution in [0.3, 0.4) is 0 Å². The van der Waals surface area contributed by atoms with Crippen LogP contribution in [0.2, 0.25) is 0 Å². The molecule has 2 aromatic carbocycles. The lowest BCUT2D eigenvalue weighted by atomic mass is 10.1. The third-order valence-corrected chi connectivity index (χ3v) is 4.63. The van der Waals surface area contributed by atoms with E-state index in [1.54, 1.807) is 7.11 Å². The van der Waals surface area contributed by atoms with E-state index in [9.17, 15) is 0 Å². The molecule has 3 rings (SSSR count). The second kappa shape index (κ2) is 8.95. The number of ether oxygens (including phenoxy) is 3. The van der Waals surface area contributed by atoms with Gasteiger partial charge in [-0.1, -0.05) is 37.6 Å². The molecule has 0 amide bonds. The Balaban J connectivity index is 1.62. The molecule has 4 nitrogen and oxygen atoms in total. The minimum atomic E-state index is 0.285. The number of hydrogen-bond acceptors (Lipinski definition) is 4. The fraction of sp³-hybridized carbons (Fsp3) is 0.455. The molecule has 1 atom stereocenters. The van der Waals surface area contributed by atoms with E-state index in [0.717, 1.165) is 55.2 Å². The summed E-state index contributed by atoms with van der Waals surface area (Å²) < 4.78 is 17.2. The van der Waals surface area contributed by atoms with Crippen LogP contribution in [-0.4, -0.2) is 19.8 Å². The van der Waals surface area contributed by atoms with Crippen LogP contribution in [-0.2, 0) is 19.5 Å². The van der Waals surface area contributed by atoms with E-state index in [-0.39, 0.29) is 6.10 Å². The van der Waals surface area contributed by atoms with Gasteiger partial charge in [-0.05, 0) is 36.6 Å². The van der Waals surface area contributed by atoms with Crippen molar-refractivity contribution in [3.05, 3.63) is 53.1 Å². The molecule has 0 aliphatic carbocycles. The maximum atomic E-state index is 5.99. The third-order valence-electron chi connectivity index (χ3n) is 4.63. The number of nitrogens with one attached hydrogen (secondary N) is 1. The molecular formula is C22H29NO3. The largest absolute Gasteiger partial charge is 0.493 e. The van der Waals surface area contributed by atoms with Crippen molar-refractivity contribution >= 4 is 0 Å². The summed E-state index contributed by atoms with van der Waals surface area (Å²) in [6.07, 6.45) is 3.44. The lowest BCUT2D eigenvalue weighted by molar-refractivity contribution is 0.254. The number of unbranched alkanes of at least 4 members (excludes halogenated alkanes) is 1. The average molecular weight is 355 g/mol. The molecule has 0 saturated heterocycles. The molecule has 1 N–H and O–H groups in total. The van der Waals surface area contributed by atoms with Crippen LogP contribution in [0.25, 0.3) is 0 Å². The zero-order chi connectivity index (χ0) is 18.4. The highest BCUT2D eigenvalue weighted by atomic mass is 16.5. The minimum Gasteiger partial charge on any atom is -0.493 e. The van der Waals surface area contributed by atoms with Crippen molar-refractivity contribution in [3.8, 4) is 17.2 Å². The average Bonchev–Trinajstić information content (AvgIpc) is 3.02. The topological polar surface area (TPSA) is 39.7 Å². The zero-order valence-corrected chi connectivity index (χ0v) is 16.0. The number of hydrogen-bond donors (Lipinski definition) is 1. The van der Waals surface area contributed by atoms with Gasteiger partial charge in [0, 0.05) is 25.1 Å². The Morgan fingerprint density at radius 1 is 1.19 bits per heavy atom. The van der Waals surface area contributed by atoms with Gasteiger partial charge in [0.2, 0.25) is 0 Å². The van der Waals surface area contributed by atoms with E-state index >= 15 is 0 Å². The summed E-state index contributed by atoms with van der Waals surface area (Å²) in [6.45, 7) is 6.54. The molecule has 0 spiro atoms. The highest BCUT2D eigenvalue weighted by molar-refractivity contribution is 5.46. The van der Waals surface area contributed by atoms with Gasteiger partial charge in [0.25, 0.3) is 0 Å². The molecule has 0 saturated carbocycles. The molecule has 1 aliphatic rings. The Morgan fingerprint density at radius 3 is 2.88 bits per heavy atom. The fourth-order valence-electron chi connectivity index (χ4n) is 3.27. The van der Waals surface area contributed by atoms with Crippen LogP contribution in [0.4, 0.5) is 0 Å². The number of benzene rings is 2.